The number of hydrogen-bond acceptors (Lipinski definition) is 6. The van der Waals surface area contributed by atoms with Crippen LogP contribution in [0.15, 0.2) is 36.4 Å². The van der Waals surface area contributed by atoms with E-state index in [4.69, 9.17) is 21.1 Å². The quantitative estimate of drug-likeness (QED) is 0.752. The van der Waals surface area contributed by atoms with E-state index in [9.17, 15) is 9.59 Å². The van der Waals surface area contributed by atoms with Crippen LogP contribution >= 0.6 is 22.9 Å². The standard InChI is InChI=1S/C19H19ClN3O4S/c20-17-6-5-16(28-17)19(25)22-10-15(27-12-22)9-21-13-1-3-14(4-2-13)23-7-8-26-11-18(23)24/h1-6,10,15,21H,7-9,11-12H2/q+1/t15-/m1/s1. The van der Waals surface area contributed by atoms with E-state index in [1.807, 2.05) is 24.3 Å². The maximum atomic E-state index is 12.4. The van der Waals surface area contributed by atoms with Crippen molar-refractivity contribution in [1.29, 1.82) is 0 Å². The zero-order valence-corrected chi connectivity index (χ0v) is 16.5. The van der Waals surface area contributed by atoms with E-state index in [1.54, 1.807) is 27.8 Å². The lowest BCUT2D eigenvalue weighted by Gasteiger charge is -2.27. The van der Waals surface area contributed by atoms with Crippen LogP contribution in [-0.2, 0) is 14.3 Å². The first-order chi connectivity index (χ1) is 13.6. The number of amides is 2. The number of morpholine rings is 1. The van der Waals surface area contributed by atoms with E-state index >= 15 is 0 Å². The van der Waals surface area contributed by atoms with E-state index in [-0.39, 0.29) is 31.3 Å². The number of nitrogens with one attached hydrogen (secondary N) is 1. The van der Waals surface area contributed by atoms with E-state index in [2.05, 4.69) is 5.32 Å². The number of hydrogen-bond donors (Lipinski definition) is 1. The van der Waals surface area contributed by atoms with Gasteiger partial charge in [0.2, 0.25) is 0 Å². The highest BCUT2D eigenvalue weighted by Gasteiger charge is 2.30. The molecule has 2 aromatic rings. The maximum absolute atomic E-state index is 12.4. The minimum atomic E-state index is -0.208. The number of rotatable bonds is 5. The van der Waals surface area contributed by atoms with Gasteiger partial charge in [0.05, 0.1) is 17.5 Å². The SMILES string of the molecule is O=C1COCCN1c1ccc(NC[C@@H]2C=[N+](C(=O)c3ccc(Cl)s3)CO2)cc1. The van der Waals surface area contributed by atoms with Crippen LogP contribution in [0, 0.1) is 0 Å². The number of anilines is 2. The lowest BCUT2D eigenvalue weighted by molar-refractivity contribution is -0.454. The van der Waals surface area contributed by atoms with Gasteiger partial charge in [0, 0.05) is 17.9 Å². The molecule has 7 nitrogen and oxygen atoms in total. The fourth-order valence-corrected chi connectivity index (χ4v) is 4.04. The normalized spacial score (nSPS) is 19.6. The number of thiophene rings is 1. The summed E-state index contributed by atoms with van der Waals surface area (Å²) < 4.78 is 13.0. The molecule has 1 N–H and O–H groups in total. The zero-order chi connectivity index (χ0) is 19.5. The van der Waals surface area contributed by atoms with Crippen molar-refractivity contribution in [1.82, 2.24) is 0 Å². The minimum absolute atomic E-state index is 0.0299. The Morgan fingerprint density at radius 1 is 1.29 bits per heavy atom. The maximum Gasteiger partial charge on any atom is 0.431 e. The van der Waals surface area contributed by atoms with Crippen LogP contribution in [0.2, 0.25) is 4.34 Å². The number of carbonyl (C=O) groups excluding carboxylic acids is 2. The van der Waals surface area contributed by atoms with Gasteiger partial charge in [-0.1, -0.05) is 11.6 Å². The van der Waals surface area contributed by atoms with Gasteiger partial charge in [0.25, 0.3) is 12.6 Å². The van der Waals surface area contributed by atoms with Crippen LogP contribution < -0.4 is 10.2 Å². The Bertz CT molecular complexity index is 912. The van der Waals surface area contributed by atoms with Gasteiger partial charge in [-0.15, -0.1) is 15.9 Å². The molecule has 9 heteroatoms. The molecule has 1 aromatic carbocycles. The molecule has 146 valence electrons. The van der Waals surface area contributed by atoms with Gasteiger partial charge in [-0.05, 0) is 36.4 Å². The molecule has 2 aliphatic heterocycles. The first kappa shape index (κ1) is 19.1. The predicted molar refractivity (Wildman–Crippen MR) is 108 cm³/mol. The van der Waals surface area contributed by atoms with Crippen molar-refractivity contribution in [2.24, 2.45) is 0 Å². The van der Waals surface area contributed by atoms with Gasteiger partial charge in [-0.25, -0.2) is 4.79 Å². The molecule has 1 fully saturated rings. The molecule has 0 aliphatic carbocycles. The first-order valence-corrected chi connectivity index (χ1v) is 10.0. The molecule has 0 unspecified atom stereocenters. The van der Waals surface area contributed by atoms with Gasteiger partial charge < -0.3 is 19.7 Å². The molecule has 1 saturated heterocycles. The Balaban J connectivity index is 1.33. The van der Waals surface area contributed by atoms with E-state index in [0.29, 0.717) is 28.9 Å². The largest absolute Gasteiger partial charge is 0.431 e. The summed E-state index contributed by atoms with van der Waals surface area (Å²) in [6.07, 6.45) is 1.57. The zero-order valence-electron chi connectivity index (χ0n) is 15.0. The lowest BCUT2D eigenvalue weighted by Crippen LogP contribution is -2.41. The fraction of sp³-hybridized carbons (Fsp3) is 0.316. The number of ether oxygens (including phenoxy) is 2. The highest BCUT2D eigenvalue weighted by Crippen LogP contribution is 2.23. The molecule has 2 aliphatic rings. The molecule has 0 saturated carbocycles. The fourth-order valence-electron chi connectivity index (χ4n) is 3.04. The van der Waals surface area contributed by atoms with Crippen molar-refractivity contribution in [3.05, 3.63) is 45.6 Å². The van der Waals surface area contributed by atoms with E-state index < -0.39 is 0 Å². The summed E-state index contributed by atoms with van der Waals surface area (Å²) in [5.74, 6) is -0.142. The monoisotopic (exact) mass is 420 g/mol. The molecule has 0 spiro atoms. The first-order valence-electron chi connectivity index (χ1n) is 8.85. The van der Waals surface area contributed by atoms with Crippen molar-refractivity contribution in [3.63, 3.8) is 0 Å². The highest BCUT2D eigenvalue weighted by molar-refractivity contribution is 7.17. The molecule has 0 radical (unpaired) electrons. The molecule has 2 amide bonds. The van der Waals surface area contributed by atoms with Gasteiger partial charge in [-0.3, -0.25) is 4.79 Å². The Labute approximate surface area is 171 Å². The number of nitrogens with zero attached hydrogens (tertiary/aromatic N) is 2. The van der Waals surface area contributed by atoms with Crippen molar-refractivity contribution in [2.75, 3.05) is 43.3 Å². The number of benzene rings is 1. The van der Waals surface area contributed by atoms with Crippen LogP contribution in [0.25, 0.3) is 0 Å². The van der Waals surface area contributed by atoms with Crippen molar-refractivity contribution < 1.29 is 23.6 Å². The summed E-state index contributed by atoms with van der Waals surface area (Å²) in [7, 11) is 0. The highest BCUT2D eigenvalue weighted by atomic mass is 35.5. The third-order valence-corrected chi connectivity index (χ3v) is 5.71. The summed E-state index contributed by atoms with van der Waals surface area (Å²) in [4.78, 5) is 26.6. The predicted octanol–water partition coefficient (Wildman–Crippen LogP) is 2.46. The summed E-state index contributed by atoms with van der Waals surface area (Å²) >= 11 is 7.15. The molecule has 4 rings (SSSR count). The Kier molecular flexibility index (Phi) is 5.72. The molecule has 28 heavy (non-hydrogen) atoms. The molecular formula is C19H19ClN3O4S+. The average molecular weight is 421 g/mol. The van der Waals surface area contributed by atoms with Crippen molar-refractivity contribution >= 4 is 52.3 Å². The Morgan fingerprint density at radius 2 is 2.11 bits per heavy atom. The second-order valence-corrected chi connectivity index (χ2v) is 8.10. The van der Waals surface area contributed by atoms with Gasteiger partial charge >= 0.3 is 5.91 Å². The topological polar surface area (TPSA) is 70.9 Å². The molecular weight excluding hydrogens is 402 g/mol. The Hall–Kier alpha value is -2.26. The van der Waals surface area contributed by atoms with Crippen LogP contribution in [0.5, 0.6) is 0 Å². The smallest absolute Gasteiger partial charge is 0.382 e. The second-order valence-electron chi connectivity index (χ2n) is 6.39. The molecule has 1 atom stereocenters. The van der Waals surface area contributed by atoms with Crippen molar-refractivity contribution in [2.45, 2.75) is 6.10 Å². The number of halogens is 1. The third-order valence-electron chi connectivity index (χ3n) is 4.49. The van der Waals surface area contributed by atoms with Crippen LogP contribution in [-0.4, -0.2) is 61.7 Å². The second kappa shape index (κ2) is 8.40. The van der Waals surface area contributed by atoms with Gasteiger partial charge in [0.15, 0.2) is 12.3 Å². The van der Waals surface area contributed by atoms with Gasteiger partial charge in [-0.2, -0.15) is 0 Å². The summed E-state index contributed by atoms with van der Waals surface area (Å²) in [6.45, 7) is 1.99. The third kappa shape index (κ3) is 4.25. The molecule has 1 aromatic heterocycles. The van der Waals surface area contributed by atoms with Crippen molar-refractivity contribution in [3.8, 4) is 0 Å². The Morgan fingerprint density at radius 3 is 2.82 bits per heavy atom. The van der Waals surface area contributed by atoms with E-state index in [1.165, 1.54) is 11.3 Å². The van der Waals surface area contributed by atoms with Gasteiger partial charge in [0.1, 0.15) is 11.5 Å². The van der Waals surface area contributed by atoms with Crippen LogP contribution in [0.3, 0.4) is 0 Å². The molecule has 3 heterocycles. The minimum Gasteiger partial charge on any atom is -0.382 e. The summed E-state index contributed by atoms with van der Waals surface area (Å²) in [6, 6.07) is 11.1. The van der Waals surface area contributed by atoms with E-state index in [0.717, 1.165) is 11.4 Å². The van der Waals surface area contributed by atoms with Crippen LogP contribution in [0.1, 0.15) is 9.67 Å². The average Bonchev–Trinajstić information content (AvgIpc) is 3.36. The lowest BCUT2D eigenvalue weighted by atomic mass is 10.2. The summed E-state index contributed by atoms with van der Waals surface area (Å²) in [5.41, 5.74) is 1.77. The summed E-state index contributed by atoms with van der Waals surface area (Å²) in [5, 5.41) is 3.29. The van der Waals surface area contributed by atoms with Crippen LogP contribution in [0.4, 0.5) is 11.4 Å². The number of carbonyl (C=O) groups is 2. The molecule has 0 bridgehead atoms.